The summed E-state index contributed by atoms with van der Waals surface area (Å²) in [6.07, 6.45) is 24.8. The summed E-state index contributed by atoms with van der Waals surface area (Å²) in [4.78, 5) is 23.8. The number of carbonyl (C=O) groups excluding carboxylic acids is 2. The molecule has 4 rings (SSSR count). The number of hydrogen-bond acceptors (Lipinski definition) is 4. The van der Waals surface area contributed by atoms with Gasteiger partial charge < -0.3 is 20.9 Å². The third kappa shape index (κ3) is 12.0. The summed E-state index contributed by atoms with van der Waals surface area (Å²) in [5.74, 6) is 0.751. The Hall–Kier alpha value is -3.02. The SMILES string of the molecule is CCCCCc1ccc(C(c2ccc(CCCCC)cc2CCCCC)(C2CCC(OC(N)=O)CC2)C2CCC(OC(N)=O)CC2)c(CCCCC)c1. The number of primary amides is 2. The normalized spacial score (nSPS) is 20.6. The molecule has 4 N–H and O–H groups in total. The summed E-state index contributed by atoms with van der Waals surface area (Å²) in [6, 6.07) is 15.2. The van der Waals surface area contributed by atoms with Crippen LogP contribution in [0, 0.1) is 11.8 Å². The predicted octanol–water partition coefficient (Wildman–Crippen LogP) is 12.2. The maximum atomic E-state index is 11.9. The number of carbonyl (C=O) groups is 2. The highest BCUT2D eigenvalue weighted by Gasteiger charge is 2.51. The van der Waals surface area contributed by atoms with Crippen LogP contribution in [-0.2, 0) is 40.6 Å². The molecule has 2 aromatic carbocycles. The van der Waals surface area contributed by atoms with Crippen LogP contribution >= 0.6 is 0 Å². The molecule has 0 radical (unpaired) electrons. The second kappa shape index (κ2) is 22.4. The molecule has 53 heavy (non-hydrogen) atoms. The maximum absolute atomic E-state index is 11.9. The molecule has 2 aromatic rings. The highest BCUT2D eigenvalue weighted by atomic mass is 16.6. The first-order chi connectivity index (χ1) is 25.8. The Morgan fingerprint density at radius 3 is 1.19 bits per heavy atom. The monoisotopic (exact) mass is 731 g/mol. The van der Waals surface area contributed by atoms with Gasteiger partial charge in [-0.2, -0.15) is 0 Å². The molecule has 0 spiro atoms. The minimum Gasteiger partial charge on any atom is -0.446 e. The molecule has 0 heterocycles. The van der Waals surface area contributed by atoms with Crippen molar-refractivity contribution in [1.82, 2.24) is 0 Å². The second-order valence-electron chi connectivity index (χ2n) is 16.5. The maximum Gasteiger partial charge on any atom is 0.404 e. The van der Waals surface area contributed by atoms with Gasteiger partial charge in [0, 0.05) is 5.41 Å². The topological polar surface area (TPSA) is 105 Å². The number of rotatable bonds is 22. The van der Waals surface area contributed by atoms with Crippen molar-refractivity contribution >= 4 is 12.2 Å². The van der Waals surface area contributed by atoms with Gasteiger partial charge in [0.25, 0.3) is 0 Å². The van der Waals surface area contributed by atoms with Gasteiger partial charge in [-0.3, -0.25) is 0 Å². The molecule has 6 heteroatoms. The number of ether oxygens (including phenoxy) is 2. The van der Waals surface area contributed by atoms with E-state index in [1.165, 1.54) is 110 Å². The van der Waals surface area contributed by atoms with Gasteiger partial charge in [-0.05, 0) is 148 Å². The number of benzene rings is 2. The van der Waals surface area contributed by atoms with Crippen molar-refractivity contribution < 1.29 is 19.1 Å². The molecule has 0 bridgehead atoms. The zero-order chi connectivity index (χ0) is 38.1. The van der Waals surface area contributed by atoms with Gasteiger partial charge in [0.2, 0.25) is 0 Å². The van der Waals surface area contributed by atoms with E-state index in [-0.39, 0.29) is 17.6 Å². The van der Waals surface area contributed by atoms with Crippen LogP contribution in [0.3, 0.4) is 0 Å². The molecule has 0 aliphatic heterocycles. The average Bonchev–Trinajstić information content (AvgIpc) is 3.14. The largest absolute Gasteiger partial charge is 0.446 e. The Morgan fingerprint density at radius 2 is 0.868 bits per heavy atom. The Balaban J connectivity index is 1.97. The number of hydrogen-bond donors (Lipinski definition) is 2. The summed E-state index contributed by atoms with van der Waals surface area (Å²) in [5.41, 5.74) is 19.9. The van der Waals surface area contributed by atoms with Crippen LogP contribution in [0.15, 0.2) is 36.4 Å². The third-order valence-corrected chi connectivity index (χ3v) is 12.7. The summed E-state index contributed by atoms with van der Waals surface area (Å²) in [5, 5.41) is 0. The lowest BCUT2D eigenvalue weighted by Gasteiger charge is -2.53. The van der Waals surface area contributed by atoms with Crippen molar-refractivity contribution in [1.29, 1.82) is 0 Å². The van der Waals surface area contributed by atoms with E-state index in [1.54, 1.807) is 0 Å². The minimum absolute atomic E-state index is 0.129. The van der Waals surface area contributed by atoms with Gasteiger partial charge >= 0.3 is 12.2 Å². The van der Waals surface area contributed by atoms with Crippen LogP contribution in [0.4, 0.5) is 9.59 Å². The Bertz CT molecular complexity index is 1280. The Morgan fingerprint density at radius 1 is 0.528 bits per heavy atom. The first-order valence-electron chi connectivity index (χ1n) is 21.9. The predicted molar refractivity (Wildman–Crippen MR) is 219 cm³/mol. The van der Waals surface area contributed by atoms with Gasteiger partial charge in [-0.25, -0.2) is 9.59 Å². The van der Waals surface area contributed by atoms with Crippen LogP contribution in [0.2, 0.25) is 0 Å². The van der Waals surface area contributed by atoms with E-state index in [2.05, 4.69) is 64.1 Å². The van der Waals surface area contributed by atoms with E-state index in [1.807, 2.05) is 0 Å². The van der Waals surface area contributed by atoms with Crippen LogP contribution in [0.5, 0.6) is 0 Å². The van der Waals surface area contributed by atoms with Crippen LogP contribution in [0.25, 0.3) is 0 Å². The standard InChI is InChI=1S/C47H74N2O4/c1-5-9-13-17-35-21-31-43(37(33-35)19-15-11-7-3)47(39-23-27-41(28-24-39)52-45(48)50,40-25-29-42(30-26-40)53-46(49)51)44-32-22-36(18-14-10-6-2)34-38(44)20-16-12-8-4/h21-22,31-34,39-42H,5-20,23-30H2,1-4H3,(H2,48,50)(H2,49,51). The van der Waals surface area contributed by atoms with E-state index in [4.69, 9.17) is 20.9 Å². The summed E-state index contributed by atoms with van der Waals surface area (Å²) < 4.78 is 11.3. The lowest BCUT2D eigenvalue weighted by atomic mass is 9.51. The van der Waals surface area contributed by atoms with E-state index < -0.39 is 12.2 Å². The smallest absolute Gasteiger partial charge is 0.404 e. The van der Waals surface area contributed by atoms with Crippen molar-refractivity contribution in [3.63, 3.8) is 0 Å². The van der Waals surface area contributed by atoms with Crippen molar-refractivity contribution in [2.24, 2.45) is 23.3 Å². The quantitative estimate of drug-likeness (QED) is 0.118. The van der Waals surface area contributed by atoms with Gasteiger partial charge in [0.1, 0.15) is 12.2 Å². The van der Waals surface area contributed by atoms with E-state index >= 15 is 0 Å². The molecule has 0 aromatic heterocycles. The number of amides is 2. The highest BCUT2D eigenvalue weighted by molar-refractivity contribution is 5.65. The fourth-order valence-electron chi connectivity index (χ4n) is 10.1. The van der Waals surface area contributed by atoms with E-state index in [0.29, 0.717) is 11.8 Å². The zero-order valence-electron chi connectivity index (χ0n) is 34.0. The lowest BCUT2D eigenvalue weighted by Crippen LogP contribution is -2.49. The Kier molecular flexibility index (Phi) is 18.0. The van der Waals surface area contributed by atoms with Gasteiger partial charge in [-0.1, -0.05) is 115 Å². The lowest BCUT2D eigenvalue weighted by molar-refractivity contribution is 0.0274. The highest BCUT2D eigenvalue weighted by Crippen LogP contribution is 2.57. The molecule has 0 saturated heterocycles. The van der Waals surface area contributed by atoms with Crippen molar-refractivity contribution in [2.75, 3.05) is 0 Å². The molecule has 0 atom stereocenters. The van der Waals surface area contributed by atoms with Crippen molar-refractivity contribution in [2.45, 2.75) is 199 Å². The molecule has 2 aliphatic rings. The molecule has 2 aliphatic carbocycles. The second-order valence-corrected chi connectivity index (χ2v) is 16.5. The Labute approximate surface area is 322 Å². The van der Waals surface area contributed by atoms with Gasteiger partial charge in [0.05, 0.1) is 0 Å². The molecular formula is C47H74N2O4. The molecule has 2 saturated carbocycles. The third-order valence-electron chi connectivity index (χ3n) is 12.7. The van der Waals surface area contributed by atoms with Crippen LogP contribution < -0.4 is 11.5 Å². The van der Waals surface area contributed by atoms with Crippen molar-refractivity contribution in [3.8, 4) is 0 Å². The first kappa shape index (κ1) is 42.7. The van der Waals surface area contributed by atoms with Crippen molar-refractivity contribution in [3.05, 3.63) is 69.8 Å². The van der Waals surface area contributed by atoms with Gasteiger partial charge in [0.15, 0.2) is 0 Å². The molecule has 6 nitrogen and oxygen atoms in total. The van der Waals surface area contributed by atoms with Crippen LogP contribution in [-0.4, -0.2) is 24.4 Å². The summed E-state index contributed by atoms with van der Waals surface area (Å²) >= 11 is 0. The van der Waals surface area contributed by atoms with E-state index in [0.717, 1.165) is 77.0 Å². The van der Waals surface area contributed by atoms with E-state index in [9.17, 15) is 9.59 Å². The number of nitrogens with two attached hydrogens (primary N) is 2. The zero-order valence-corrected chi connectivity index (χ0v) is 34.0. The first-order valence-corrected chi connectivity index (χ1v) is 21.9. The molecule has 296 valence electrons. The fraction of sp³-hybridized carbons (Fsp3) is 0.702. The minimum atomic E-state index is -0.666. The number of aryl methyl sites for hydroxylation is 4. The summed E-state index contributed by atoms with van der Waals surface area (Å²) in [7, 11) is 0. The molecular weight excluding hydrogens is 657 g/mol. The summed E-state index contributed by atoms with van der Waals surface area (Å²) in [6.45, 7) is 9.17. The molecule has 2 amide bonds. The van der Waals surface area contributed by atoms with Gasteiger partial charge in [-0.15, -0.1) is 0 Å². The molecule has 2 fully saturated rings. The molecule has 0 unspecified atom stereocenters. The average molecular weight is 731 g/mol. The van der Waals surface area contributed by atoms with Crippen LogP contribution in [0.1, 0.15) is 189 Å². The number of unbranched alkanes of at least 4 members (excludes halogenated alkanes) is 8. The fourth-order valence-corrected chi connectivity index (χ4v) is 10.1.